The number of benzene rings is 1. The maximum atomic E-state index is 15.2. The molecule has 38 heavy (non-hydrogen) atoms. The summed E-state index contributed by atoms with van der Waals surface area (Å²) in [5.41, 5.74) is 7.21. The quantitative estimate of drug-likeness (QED) is 0.459. The second-order valence-electron chi connectivity index (χ2n) is 9.63. The highest BCUT2D eigenvalue weighted by Crippen LogP contribution is 2.32. The van der Waals surface area contributed by atoms with Crippen LogP contribution in [0.1, 0.15) is 31.7 Å². The second kappa shape index (κ2) is 11.4. The Balaban J connectivity index is 1.30. The minimum absolute atomic E-state index is 0.166. The number of sulfonamides is 1. The van der Waals surface area contributed by atoms with Crippen molar-refractivity contribution in [3.05, 3.63) is 54.0 Å². The van der Waals surface area contributed by atoms with E-state index in [-0.39, 0.29) is 11.4 Å². The molecular weight excluding hydrogens is 516 g/mol. The van der Waals surface area contributed by atoms with Gasteiger partial charge in [-0.15, -0.1) is 5.53 Å². The number of anilines is 3. The van der Waals surface area contributed by atoms with Gasteiger partial charge in [0.1, 0.15) is 5.69 Å². The molecule has 4 heterocycles. The highest BCUT2D eigenvalue weighted by atomic mass is 32.2. The largest absolute Gasteiger partial charge is 0.379 e. The fourth-order valence-corrected chi connectivity index (χ4v) is 6.22. The number of hydrazine groups is 2. The first-order chi connectivity index (χ1) is 18.3. The lowest BCUT2D eigenvalue weighted by Crippen LogP contribution is -2.49. The summed E-state index contributed by atoms with van der Waals surface area (Å²) in [7, 11) is -3.74. The third kappa shape index (κ3) is 5.85. The number of pyridine rings is 1. The third-order valence-corrected chi connectivity index (χ3v) is 8.52. The molecule has 13 heteroatoms. The second-order valence-corrected chi connectivity index (χ2v) is 11.5. The first-order valence-corrected chi connectivity index (χ1v) is 14.5. The number of morpholine rings is 1. The summed E-state index contributed by atoms with van der Waals surface area (Å²) in [6.07, 6.45) is 7.51. The Morgan fingerprint density at radius 3 is 2.63 bits per heavy atom. The van der Waals surface area contributed by atoms with Crippen molar-refractivity contribution in [3.63, 3.8) is 0 Å². The zero-order valence-electron chi connectivity index (χ0n) is 21.3. The number of hydrogen-bond donors (Lipinski definition) is 3. The van der Waals surface area contributed by atoms with Crippen LogP contribution in [0.15, 0.2) is 36.8 Å². The Bertz CT molecular complexity index is 1280. The van der Waals surface area contributed by atoms with Crippen LogP contribution < -0.4 is 25.6 Å². The molecule has 0 saturated carbocycles. The van der Waals surface area contributed by atoms with E-state index in [1.165, 1.54) is 6.20 Å². The number of halogens is 2. The molecule has 2 aromatic rings. The average molecular weight is 550 g/mol. The van der Waals surface area contributed by atoms with Crippen molar-refractivity contribution >= 4 is 32.8 Å². The zero-order chi connectivity index (χ0) is 26.7. The van der Waals surface area contributed by atoms with Gasteiger partial charge in [0.05, 0.1) is 42.2 Å². The molecular formula is C25H33F2N7O3S. The zero-order valence-corrected chi connectivity index (χ0v) is 22.1. The molecule has 0 spiro atoms. The van der Waals surface area contributed by atoms with E-state index >= 15 is 4.39 Å². The van der Waals surface area contributed by atoms with Crippen LogP contribution in [0.25, 0.3) is 5.70 Å². The summed E-state index contributed by atoms with van der Waals surface area (Å²) < 4.78 is 61.8. The van der Waals surface area contributed by atoms with E-state index in [0.29, 0.717) is 18.2 Å². The van der Waals surface area contributed by atoms with Crippen LogP contribution in [0.5, 0.6) is 0 Å². The fourth-order valence-electron chi connectivity index (χ4n) is 5.09. The van der Waals surface area contributed by atoms with E-state index < -0.39 is 27.3 Å². The van der Waals surface area contributed by atoms with Gasteiger partial charge in [0.2, 0.25) is 10.0 Å². The highest BCUT2D eigenvalue weighted by Gasteiger charge is 2.27. The Kier molecular flexibility index (Phi) is 7.98. The van der Waals surface area contributed by atoms with Crippen LogP contribution in [-0.4, -0.2) is 69.5 Å². The number of piperidine rings is 1. The van der Waals surface area contributed by atoms with Crippen molar-refractivity contribution in [2.45, 2.75) is 32.2 Å². The standard InChI is InChI=1S/C25H33F2N7O3S/c1-2-13-38(35,36)30-22-4-3-21(26)25(24(22)27)34-17-23(29-31-34)18-14-20(16-28-15-18)32-7-5-19(6-8-32)33-9-11-37-12-10-33/h3-4,14-17,19,29-31H,2,5-13H2,1H3. The topological polar surface area (TPSA) is 102 Å². The lowest BCUT2D eigenvalue weighted by molar-refractivity contribution is 0.0115. The maximum absolute atomic E-state index is 15.2. The predicted molar refractivity (Wildman–Crippen MR) is 143 cm³/mol. The molecule has 2 fully saturated rings. The van der Waals surface area contributed by atoms with E-state index in [0.717, 1.165) is 80.6 Å². The molecule has 0 amide bonds. The van der Waals surface area contributed by atoms with Gasteiger partial charge in [-0.3, -0.25) is 19.6 Å². The molecule has 0 unspecified atom stereocenters. The molecule has 0 bridgehead atoms. The molecule has 10 nitrogen and oxygen atoms in total. The van der Waals surface area contributed by atoms with Gasteiger partial charge in [-0.25, -0.2) is 17.2 Å². The van der Waals surface area contributed by atoms with Crippen molar-refractivity contribution in [2.24, 2.45) is 0 Å². The Morgan fingerprint density at radius 2 is 1.89 bits per heavy atom. The van der Waals surface area contributed by atoms with Gasteiger partial charge < -0.3 is 15.1 Å². The molecule has 3 aliphatic heterocycles. The number of ether oxygens (including phenoxy) is 1. The van der Waals surface area contributed by atoms with Crippen LogP contribution in [-0.2, 0) is 14.8 Å². The van der Waals surface area contributed by atoms with Crippen LogP contribution in [0.3, 0.4) is 0 Å². The SMILES string of the molecule is CCCS(=O)(=O)Nc1ccc(F)c(N2C=C(c3cncc(N4CCC(N5CCOCC5)CC4)c3)NN2)c1F. The summed E-state index contributed by atoms with van der Waals surface area (Å²) in [4.78, 5) is 9.22. The number of aromatic nitrogens is 1. The molecule has 2 saturated heterocycles. The smallest absolute Gasteiger partial charge is 0.232 e. The number of nitrogens with zero attached hydrogens (tertiary/aromatic N) is 4. The molecule has 0 radical (unpaired) electrons. The summed E-state index contributed by atoms with van der Waals surface area (Å²) in [6, 6.07) is 4.66. The van der Waals surface area contributed by atoms with Gasteiger partial charge in [-0.1, -0.05) is 6.92 Å². The Labute approximate surface area is 221 Å². The first-order valence-electron chi connectivity index (χ1n) is 12.9. The van der Waals surface area contributed by atoms with E-state index in [4.69, 9.17) is 4.74 Å². The normalized spacial score (nSPS) is 19.4. The minimum atomic E-state index is -3.74. The van der Waals surface area contributed by atoms with Gasteiger partial charge in [-0.2, -0.15) is 0 Å². The molecule has 1 aromatic carbocycles. The van der Waals surface area contributed by atoms with Gasteiger partial charge in [0.15, 0.2) is 11.6 Å². The average Bonchev–Trinajstić information content (AvgIpc) is 3.41. The Hall–Kier alpha value is -3.00. The number of hydrogen-bond acceptors (Lipinski definition) is 9. The van der Waals surface area contributed by atoms with Crippen molar-refractivity contribution in [1.29, 1.82) is 0 Å². The monoisotopic (exact) mass is 549 g/mol. The summed E-state index contributed by atoms with van der Waals surface area (Å²) in [5, 5.41) is 1.15. The molecule has 5 rings (SSSR count). The molecule has 0 atom stereocenters. The van der Waals surface area contributed by atoms with Gasteiger partial charge in [0.25, 0.3) is 0 Å². The van der Waals surface area contributed by atoms with Crippen molar-refractivity contribution < 1.29 is 21.9 Å². The highest BCUT2D eigenvalue weighted by molar-refractivity contribution is 7.92. The number of nitrogens with one attached hydrogen (secondary N) is 3. The van der Waals surface area contributed by atoms with Crippen molar-refractivity contribution in [1.82, 2.24) is 20.8 Å². The number of rotatable bonds is 8. The van der Waals surface area contributed by atoms with Crippen LogP contribution in [0, 0.1) is 11.6 Å². The lowest BCUT2D eigenvalue weighted by atomic mass is 10.0. The molecule has 3 aliphatic rings. The van der Waals surface area contributed by atoms with E-state index in [1.54, 1.807) is 13.1 Å². The van der Waals surface area contributed by atoms with Crippen LogP contribution in [0.4, 0.5) is 25.8 Å². The molecule has 1 aromatic heterocycles. The predicted octanol–water partition coefficient (Wildman–Crippen LogP) is 2.64. The van der Waals surface area contributed by atoms with E-state index in [1.807, 2.05) is 12.3 Å². The first kappa shape index (κ1) is 26.6. The van der Waals surface area contributed by atoms with Crippen LogP contribution >= 0.6 is 0 Å². The molecule has 0 aliphatic carbocycles. The lowest BCUT2D eigenvalue weighted by Gasteiger charge is -2.40. The fraction of sp³-hybridized carbons (Fsp3) is 0.480. The van der Waals surface area contributed by atoms with Crippen LogP contribution in [0.2, 0.25) is 0 Å². The summed E-state index contributed by atoms with van der Waals surface area (Å²) in [5.74, 6) is -2.03. The van der Waals surface area contributed by atoms with Gasteiger partial charge >= 0.3 is 0 Å². The van der Waals surface area contributed by atoms with Crippen molar-refractivity contribution in [3.8, 4) is 0 Å². The summed E-state index contributed by atoms with van der Waals surface area (Å²) >= 11 is 0. The van der Waals surface area contributed by atoms with Crippen molar-refractivity contribution in [2.75, 3.05) is 59.8 Å². The van der Waals surface area contributed by atoms with Gasteiger partial charge in [0, 0.05) is 50.2 Å². The minimum Gasteiger partial charge on any atom is -0.379 e. The maximum Gasteiger partial charge on any atom is 0.232 e. The van der Waals surface area contributed by atoms with E-state index in [9.17, 15) is 12.8 Å². The molecule has 3 N–H and O–H groups in total. The molecule has 206 valence electrons. The Morgan fingerprint density at radius 1 is 1.13 bits per heavy atom. The summed E-state index contributed by atoms with van der Waals surface area (Å²) in [6.45, 7) is 7.11. The third-order valence-electron chi connectivity index (χ3n) is 7.04. The van der Waals surface area contributed by atoms with Gasteiger partial charge in [-0.05, 0) is 37.5 Å². The van der Waals surface area contributed by atoms with E-state index in [2.05, 4.69) is 30.5 Å².